The quantitative estimate of drug-likeness (QED) is 0.890. The van der Waals surface area contributed by atoms with E-state index in [0.29, 0.717) is 30.6 Å². The molecule has 2 amide bonds. The lowest BCUT2D eigenvalue weighted by Gasteiger charge is -2.39. The number of carbonyl (C=O) groups excluding carboxylic acids is 1. The smallest absolute Gasteiger partial charge is 0.317 e. The molecule has 2 heterocycles. The van der Waals surface area contributed by atoms with Gasteiger partial charge < -0.3 is 19.7 Å². The molecule has 2 aliphatic rings. The summed E-state index contributed by atoms with van der Waals surface area (Å²) in [5.74, 6) is 0.493. The summed E-state index contributed by atoms with van der Waals surface area (Å²) in [4.78, 5) is 18.5. The van der Waals surface area contributed by atoms with E-state index in [9.17, 15) is 4.79 Å². The summed E-state index contributed by atoms with van der Waals surface area (Å²) in [6, 6.07) is 3.76. The van der Waals surface area contributed by atoms with Crippen LogP contribution in [-0.2, 0) is 4.74 Å². The predicted octanol–water partition coefficient (Wildman–Crippen LogP) is 3.25. The summed E-state index contributed by atoms with van der Waals surface area (Å²) < 4.78 is 11.6. The zero-order chi connectivity index (χ0) is 17.9. The largest absolute Gasteiger partial charge is 0.473 e. The van der Waals surface area contributed by atoms with Crippen LogP contribution >= 0.6 is 11.6 Å². The number of aromatic nitrogens is 1. The van der Waals surface area contributed by atoms with Gasteiger partial charge in [-0.25, -0.2) is 9.78 Å². The zero-order valence-corrected chi connectivity index (χ0v) is 15.6. The number of nitrogens with one attached hydrogen (secondary N) is 1. The predicted molar refractivity (Wildman–Crippen MR) is 96.1 cm³/mol. The van der Waals surface area contributed by atoms with Crippen molar-refractivity contribution >= 4 is 17.6 Å². The Labute approximate surface area is 153 Å². The third-order valence-electron chi connectivity index (χ3n) is 4.72. The van der Waals surface area contributed by atoms with E-state index >= 15 is 0 Å². The second-order valence-corrected chi connectivity index (χ2v) is 7.77. The van der Waals surface area contributed by atoms with E-state index < -0.39 is 0 Å². The normalized spacial score (nSPS) is 26.1. The van der Waals surface area contributed by atoms with Gasteiger partial charge in [0.05, 0.1) is 18.8 Å². The Morgan fingerprint density at radius 1 is 1.40 bits per heavy atom. The highest BCUT2D eigenvalue weighted by atomic mass is 35.5. The maximum Gasteiger partial charge on any atom is 0.317 e. The Balaban J connectivity index is 1.45. The molecule has 1 saturated heterocycles. The maximum atomic E-state index is 12.5. The summed E-state index contributed by atoms with van der Waals surface area (Å²) in [6.45, 7) is 5.88. The Bertz CT molecular complexity index is 603. The fourth-order valence-corrected chi connectivity index (χ4v) is 3.56. The van der Waals surface area contributed by atoms with Crippen LogP contribution in [0.25, 0.3) is 0 Å². The fourth-order valence-electron chi connectivity index (χ4n) is 3.40. The molecule has 0 aromatic carbocycles. The van der Waals surface area contributed by atoms with Gasteiger partial charge >= 0.3 is 6.03 Å². The number of pyridine rings is 1. The molecular weight excluding hydrogens is 342 g/mol. The van der Waals surface area contributed by atoms with Crippen molar-refractivity contribution in [2.24, 2.45) is 0 Å². The minimum Gasteiger partial charge on any atom is -0.473 e. The van der Waals surface area contributed by atoms with Gasteiger partial charge in [0.25, 0.3) is 0 Å². The van der Waals surface area contributed by atoms with Crippen LogP contribution in [0.5, 0.6) is 5.88 Å². The standard InChI is InChI=1S/C18H26ClN3O3/c1-18(2)12-22(10-11-24-18)17(23)21-13-5-7-14(8-6-13)25-16-15(19)4-3-9-20-16/h3-4,9,13-14H,5-8,10-12H2,1-2H3,(H,21,23). The third kappa shape index (κ3) is 4.98. The van der Waals surface area contributed by atoms with Crippen LogP contribution in [0, 0.1) is 0 Å². The van der Waals surface area contributed by atoms with E-state index in [-0.39, 0.29) is 23.8 Å². The van der Waals surface area contributed by atoms with E-state index in [1.54, 1.807) is 18.3 Å². The number of nitrogens with zero attached hydrogens (tertiary/aromatic N) is 2. The van der Waals surface area contributed by atoms with Crippen molar-refractivity contribution in [2.45, 2.75) is 57.3 Å². The summed E-state index contributed by atoms with van der Waals surface area (Å²) in [7, 11) is 0. The molecule has 25 heavy (non-hydrogen) atoms. The van der Waals surface area contributed by atoms with Crippen molar-refractivity contribution in [3.05, 3.63) is 23.4 Å². The molecule has 0 radical (unpaired) electrons. The summed E-state index contributed by atoms with van der Waals surface area (Å²) in [5.41, 5.74) is -0.275. The summed E-state index contributed by atoms with van der Waals surface area (Å²) in [5, 5.41) is 3.69. The molecule has 6 nitrogen and oxygen atoms in total. The van der Waals surface area contributed by atoms with Crippen molar-refractivity contribution < 1.29 is 14.3 Å². The van der Waals surface area contributed by atoms with Crippen LogP contribution in [-0.4, -0.2) is 53.4 Å². The number of ether oxygens (including phenoxy) is 2. The average Bonchev–Trinajstić information content (AvgIpc) is 2.58. The molecule has 1 aromatic heterocycles. The second kappa shape index (κ2) is 7.79. The number of halogens is 1. The molecule has 2 fully saturated rings. The van der Waals surface area contributed by atoms with E-state index in [0.717, 1.165) is 25.7 Å². The number of urea groups is 1. The highest BCUT2D eigenvalue weighted by molar-refractivity contribution is 6.31. The minimum absolute atomic E-state index is 0.00788. The van der Waals surface area contributed by atoms with Gasteiger partial charge in [-0.05, 0) is 51.7 Å². The lowest BCUT2D eigenvalue weighted by molar-refractivity contribution is -0.0736. The highest BCUT2D eigenvalue weighted by Crippen LogP contribution is 2.27. The van der Waals surface area contributed by atoms with Gasteiger partial charge in [0.15, 0.2) is 0 Å². The molecule has 7 heteroatoms. The van der Waals surface area contributed by atoms with Gasteiger partial charge in [-0.2, -0.15) is 0 Å². The Morgan fingerprint density at radius 2 is 2.16 bits per heavy atom. The number of rotatable bonds is 3. The number of hydrogen-bond donors (Lipinski definition) is 1. The first-order valence-electron chi connectivity index (χ1n) is 8.89. The highest BCUT2D eigenvalue weighted by Gasteiger charge is 2.31. The van der Waals surface area contributed by atoms with Crippen molar-refractivity contribution in [2.75, 3.05) is 19.7 Å². The van der Waals surface area contributed by atoms with Crippen LogP contribution in [0.15, 0.2) is 18.3 Å². The number of carbonyl (C=O) groups is 1. The van der Waals surface area contributed by atoms with Crippen LogP contribution in [0.4, 0.5) is 4.79 Å². The van der Waals surface area contributed by atoms with Crippen LogP contribution in [0.2, 0.25) is 5.02 Å². The first-order chi connectivity index (χ1) is 11.9. The Kier molecular flexibility index (Phi) is 5.69. The molecule has 1 aromatic rings. The van der Waals surface area contributed by atoms with Crippen LogP contribution in [0.3, 0.4) is 0 Å². The molecule has 1 saturated carbocycles. The lowest BCUT2D eigenvalue weighted by atomic mass is 9.93. The van der Waals surface area contributed by atoms with Crippen molar-refractivity contribution in [3.63, 3.8) is 0 Å². The molecule has 138 valence electrons. The summed E-state index contributed by atoms with van der Waals surface area (Å²) >= 11 is 6.09. The van der Waals surface area contributed by atoms with Gasteiger partial charge in [0.2, 0.25) is 5.88 Å². The number of amides is 2. The Morgan fingerprint density at radius 3 is 2.84 bits per heavy atom. The van der Waals surface area contributed by atoms with Gasteiger partial charge in [0.1, 0.15) is 11.1 Å². The van der Waals surface area contributed by atoms with E-state index in [1.165, 1.54) is 0 Å². The fraction of sp³-hybridized carbons (Fsp3) is 0.667. The monoisotopic (exact) mass is 367 g/mol. The van der Waals surface area contributed by atoms with E-state index in [1.807, 2.05) is 18.7 Å². The first-order valence-corrected chi connectivity index (χ1v) is 9.27. The van der Waals surface area contributed by atoms with Crippen LogP contribution < -0.4 is 10.1 Å². The van der Waals surface area contributed by atoms with Gasteiger partial charge in [-0.3, -0.25) is 0 Å². The van der Waals surface area contributed by atoms with Gasteiger partial charge in [-0.1, -0.05) is 11.6 Å². The molecule has 1 aliphatic carbocycles. The third-order valence-corrected chi connectivity index (χ3v) is 5.01. The molecule has 3 rings (SSSR count). The first kappa shape index (κ1) is 18.3. The van der Waals surface area contributed by atoms with Crippen molar-refractivity contribution in [1.82, 2.24) is 15.2 Å². The average molecular weight is 368 g/mol. The van der Waals surface area contributed by atoms with Crippen molar-refractivity contribution in [1.29, 1.82) is 0 Å². The second-order valence-electron chi connectivity index (χ2n) is 7.36. The minimum atomic E-state index is -0.275. The maximum absolute atomic E-state index is 12.5. The lowest BCUT2D eigenvalue weighted by Crippen LogP contribution is -2.55. The molecule has 0 bridgehead atoms. The van der Waals surface area contributed by atoms with Crippen molar-refractivity contribution in [3.8, 4) is 5.88 Å². The topological polar surface area (TPSA) is 63.7 Å². The van der Waals surface area contributed by atoms with E-state index in [2.05, 4.69) is 10.3 Å². The Hall–Kier alpha value is -1.53. The SMILES string of the molecule is CC1(C)CN(C(=O)NC2CCC(Oc3ncccc3Cl)CC2)CCO1. The molecule has 0 unspecified atom stereocenters. The molecule has 0 atom stereocenters. The summed E-state index contributed by atoms with van der Waals surface area (Å²) in [6.07, 6.45) is 5.33. The molecule has 0 spiro atoms. The molecule has 1 aliphatic heterocycles. The molecular formula is C18H26ClN3O3. The number of hydrogen-bond acceptors (Lipinski definition) is 4. The zero-order valence-electron chi connectivity index (χ0n) is 14.8. The van der Waals surface area contributed by atoms with E-state index in [4.69, 9.17) is 21.1 Å². The van der Waals surface area contributed by atoms with Gasteiger partial charge in [0, 0.05) is 18.8 Å². The number of morpholine rings is 1. The van der Waals surface area contributed by atoms with Crippen LogP contribution in [0.1, 0.15) is 39.5 Å². The van der Waals surface area contributed by atoms with Gasteiger partial charge in [-0.15, -0.1) is 0 Å². The molecule has 1 N–H and O–H groups in total.